The highest BCUT2D eigenvalue weighted by atomic mass is 19.4. The summed E-state index contributed by atoms with van der Waals surface area (Å²) in [5.74, 6) is 2.03. The molecule has 9 heteroatoms. The molecule has 5 fully saturated rings. The summed E-state index contributed by atoms with van der Waals surface area (Å²) in [6.07, 6.45) is 5.95. The second-order valence-electron chi connectivity index (χ2n) is 12.7. The van der Waals surface area contributed by atoms with Gasteiger partial charge >= 0.3 is 6.18 Å². The van der Waals surface area contributed by atoms with Gasteiger partial charge in [-0.1, -0.05) is 26.7 Å². The minimum absolute atomic E-state index is 0.160. The summed E-state index contributed by atoms with van der Waals surface area (Å²) in [6, 6.07) is 0.554. The van der Waals surface area contributed by atoms with E-state index in [4.69, 9.17) is 5.41 Å². The maximum absolute atomic E-state index is 13.1. The van der Waals surface area contributed by atoms with Gasteiger partial charge in [-0.2, -0.15) is 13.2 Å². The normalized spacial score (nSPS) is 40.8. The summed E-state index contributed by atoms with van der Waals surface area (Å²) in [4.78, 5) is 6.52. The van der Waals surface area contributed by atoms with Crippen molar-refractivity contribution >= 4 is 5.96 Å². The van der Waals surface area contributed by atoms with Gasteiger partial charge in [-0.25, -0.2) is 0 Å². The van der Waals surface area contributed by atoms with Gasteiger partial charge < -0.3 is 9.80 Å². The zero-order valence-electron chi connectivity index (χ0n) is 22.4. The summed E-state index contributed by atoms with van der Waals surface area (Å²) in [5.41, 5.74) is 0. The first-order valence-corrected chi connectivity index (χ1v) is 14.5. The second-order valence-corrected chi connectivity index (χ2v) is 12.7. The van der Waals surface area contributed by atoms with Crippen LogP contribution >= 0.6 is 0 Å². The molecule has 3 aliphatic heterocycles. The van der Waals surface area contributed by atoms with Crippen LogP contribution in [-0.4, -0.2) is 84.5 Å². The van der Waals surface area contributed by atoms with Gasteiger partial charge in [0, 0.05) is 32.7 Å². The highest BCUT2D eigenvalue weighted by Gasteiger charge is 2.49. The number of hydrogen-bond acceptors (Lipinski definition) is 4. The number of nitrogens with zero attached hydrogens (tertiary/aromatic N) is 3. The summed E-state index contributed by atoms with van der Waals surface area (Å²) in [5, 5.41) is 16.6. The van der Waals surface area contributed by atoms with Crippen LogP contribution in [0.2, 0.25) is 0 Å². The van der Waals surface area contributed by atoms with Crippen molar-refractivity contribution in [3.63, 3.8) is 0 Å². The van der Waals surface area contributed by atoms with Gasteiger partial charge in [-0.05, 0) is 75.2 Å². The molecule has 0 aromatic carbocycles. The molecule has 6 nitrogen and oxygen atoms in total. The Kier molecular flexibility index (Phi) is 7.82. The minimum Gasteiger partial charge on any atom is -0.338 e. The Morgan fingerprint density at radius 3 is 2.42 bits per heavy atom. The van der Waals surface area contributed by atoms with Crippen LogP contribution in [-0.2, 0) is 0 Å². The van der Waals surface area contributed by atoms with Crippen LogP contribution in [0.15, 0.2) is 0 Å². The molecule has 2 saturated carbocycles. The van der Waals surface area contributed by atoms with Crippen LogP contribution in [0.25, 0.3) is 0 Å². The lowest BCUT2D eigenvalue weighted by Gasteiger charge is -2.46. The molecule has 36 heavy (non-hydrogen) atoms. The number of likely N-dealkylation sites (N-methyl/N-ethyl adjacent to an activating group) is 1. The monoisotopic (exact) mass is 512 g/mol. The largest absolute Gasteiger partial charge is 0.393 e. The summed E-state index contributed by atoms with van der Waals surface area (Å²) < 4.78 is 39.4. The van der Waals surface area contributed by atoms with Crippen molar-refractivity contribution in [2.45, 2.75) is 102 Å². The van der Waals surface area contributed by atoms with Crippen molar-refractivity contribution in [3.8, 4) is 0 Å². The molecule has 0 amide bonds. The van der Waals surface area contributed by atoms with Gasteiger partial charge in [0.2, 0.25) is 0 Å². The zero-order chi connectivity index (χ0) is 25.6. The molecule has 2 aliphatic carbocycles. The van der Waals surface area contributed by atoms with E-state index < -0.39 is 12.1 Å². The minimum atomic E-state index is -4.06. The third kappa shape index (κ3) is 5.26. The smallest absolute Gasteiger partial charge is 0.338 e. The van der Waals surface area contributed by atoms with Crippen molar-refractivity contribution in [1.29, 1.82) is 5.41 Å². The molecule has 3 saturated heterocycles. The molecular weight excluding hydrogens is 465 g/mol. The van der Waals surface area contributed by atoms with E-state index in [0.29, 0.717) is 42.5 Å². The van der Waals surface area contributed by atoms with Crippen LogP contribution in [0.5, 0.6) is 0 Å². The van der Waals surface area contributed by atoms with Gasteiger partial charge in [-0.15, -0.1) is 0 Å². The molecule has 0 aromatic heterocycles. The van der Waals surface area contributed by atoms with Crippen molar-refractivity contribution in [1.82, 2.24) is 25.3 Å². The van der Waals surface area contributed by atoms with Gasteiger partial charge in [0.25, 0.3) is 0 Å². The molecule has 3 heterocycles. The highest BCUT2D eigenvalue weighted by Crippen LogP contribution is 2.40. The van der Waals surface area contributed by atoms with Crippen LogP contribution in [0.4, 0.5) is 13.2 Å². The number of fused-ring (bicyclic) bond motifs is 1. The maximum Gasteiger partial charge on any atom is 0.393 e. The summed E-state index contributed by atoms with van der Waals surface area (Å²) in [7, 11) is 2.04. The lowest BCUT2D eigenvalue weighted by atomic mass is 9.71. The standard InChI is InChI=1S/C27H47F3N6/c1-17(2)21-6-4-5-7-22(21)24-32-14-23-25(33-24)36(26(31)34(23)3)15-18-8-10-20(11-9-18)35-13-12-19(16-35)27(28,29)30/h17-25,31-33H,4-16H2,1-3H3/t18?,19-,20?,21?,22?,23?,24?,25?/m1/s1. The fraction of sp³-hybridized carbons (Fsp3) is 0.963. The Labute approximate surface area is 215 Å². The molecule has 0 bridgehead atoms. The molecule has 3 N–H and O–H groups in total. The Balaban J connectivity index is 1.17. The fourth-order valence-electron chi connectivity index (χ4n) is 8.11. The van der Waals surface area contributed by atoms with E-state index in [2.05, 4.69) is 39.2 Å². The maximum atomic E-state index is 13.1. The van der Waals surface area contributed by atoms with E-state index in [1.807, 2.05) is 7.05 Å². The third-order valence-electron chi connectivity index (χ3n) is 10.3. The van der Waals surface area contributed by atoms with E-state index in [-0.39, 0.29) is 25.2 Å². The number of nitrogens with one attached hydrogen (secondary N) is 3. The topological polar surface area (TPSA) is 57.6 Å². The summed E-state index contributed by atoms with van der Waals surface area (Å²) >= 11 is 0. The number of halogens is 3. The average Bonchev–Trinajstić information content (AvgIpc) is 3.45. The van der Waals surface area contributed by atoms with Crippen molar-refractivity contribution in [3.05, 3.63) is 0 Å². The number of guanidine groups is 1. The number of hydrogen-bond donors (Lipinski definition) is 3. The van der Waals surface area contributed by atoms with Gasteiger partial charge in [0.05, 0.1) is 18.1 Å². The molecule has 5 unspecified atom stereocenters. The SMILES string of the molecule is CC(C)C1CCCCC1C1NCC2C(N1)N(CC1CCC(N3CC[C@@H](C(F)(F)F)C3)CC1)C(=N)N2C. The van der Waals surface area contributed by atoms with Gasteiger partial charge in [-0.3, -0.25) is 20.9 Å². The fourth-order valence-corrected chi connectivity index (χ4v) is 8.11. The molecular formula is C27H47F3N6. The predicted octanol–water partition coefficient (Wildman–Crippen LogP) is 4.29. The quantitative estimate of drug-likeness (QED) is 0.513. The second kappa shape index (κ2) is 10.6. The van der Waals surface area contributed by atoms with Crippen LogP contribution in [0.3, 0.4) is 0 Å². The number of likely N-dealkylation sites (tertiary alicyclic amines) is 1. The number of alkyl halides is 3. The Bertz CT molecular complexity index is 767. The first-order chi connectivity index (χ1) is 17.1. The molecule has 0 aromatic rings. The Hall–Kier alpha value is -1.06. The van der Waals surface area contributed by atoms with Gasteiger partial charge in [0.1, 0.15) is 6.17 Å². The van der Waals surface area contributed by atoms with Crippen LogP contribution < -0.4 is 10.6 Å². The Morgan fingerprint density at radius 2 is 1.75 bits per heavy atom. The van der Waals surface area contributed by atoms with Crippen molar-refractivity contribution in [2.75, 3.05) is 33.2 Å². The highest BCUT2D eigenvalue weighted by molar-refractivity contribution is 5.80. The lowest BCUT2D eigenvalue weighted by Crippen LogP contribution is -2.67. The van der Waals surface area contributed by atoms with Crippen molar-refractivity contribution in [2.24, 2.45) is 29.6 Å². The summed E-state index contributed by atoms with van der Waals surface area (Å²) in [6.45, 7) is 7.27. The molecule has 5 aliphatic rings. The number of rotatable bonds is 5. The molecule has 6 atom stereocenters. The van der Waals surface area contributed by atoms with Crippen molar-refractivity contribution < 1.29 is 13.2 Å². The van der Waals surface area contributed by atoms with E-state index in [9.17, 15) is 13.2 Å². The van der Waals surface area contributed by atoms with E-state index in [1.54, 1.807) is 0 Å². The van der Waals surface area contributed by atoms with E-state index in [1.165, 1.54) is 25.7 Å². The molecule has 5 rings (SSSR count). The van der Waals surface area contributed by atoms with E-state index in [0.717, 1.165) is 44.7 Å². The Morgan fingerprint density at radius 1 is 1.03 bits per heavy atom. The lowest BCUT2D eigenvalue weighted by molar-refractivity contribution is -0.171. The predicted molar refractivity (Wildman–Crippen MR) is 136 cm³/mol. The molecule has 0 radical (unpaired) electrons. The van der Waals surface area contributed by atoms with Crippen LogP contribution in [0, 0.1) is 35.0 Å². The first-order valence-electron chi connectivity index (χ1n) is 14.5. The zero-order valence-corrected chi connectivity index (χ0v) is 22.4. The third-order valence-corrected chi connectivity index (χ3v) is 10.3. The van der Waals surface area contributed by atoms with Crippen LogP contribution in [0.1, 0.15) is 71.6 Å². The van der Waals surface area contributed by atoms with E-state index >= 15 is 0 Å². The average molecular weight is 513 g/mol. The van der Waals surface area contributed by atoms with Gasteiger partial charge in [0.15, 0.2) is 5.96 Å². The molecule has 206 valence electrons. The first kappa shape index (κ1) is 26.5. The molecule has 0 spiro atoms.